The maximum Gasteiger partial charge on any atom is 0.340 e. The maximum atomic E-state index is 13.8. The van der Waals surface area contributed by atoms with Crippen molar-refractivity contribution in [2.45, 2.75) is 18.9 Å². The molecule has 1 fully saturated rings. The van der Waals surface area contributed by atoms with Crippen LogP contribution in [0.3, 0.4) is 0 Å². The normalized spacial score (nSPS) is 14.5. The third kappa shape index (κ3) is 2.18. The summed E-state index contributed by atoms with van der Waals surface area (Å²) in [4.78, 5) is 13.3. The second-order valence-electron chi connectivity index (χ2n) is 4.22. The molecule has 0 atom stereocenters. The minimum Gasteiger partial charge on any atom is -0.465 e. The van der Waals surface area contributed by atoms with Crippen LogP contribution in [-0.2, 0) is 4.74 Å². The number of rotatable bonds is 3. The number of nitrogen functional groups attached to an aromatic ring is 1. The Morgan fingerprint density at radius 1 is 1.53 bits per heavy atom. The molecule has 1 saturated carbocycles. The smallest absolute Gasteiger partial charge is 0.340 e. The topological polar surface area (TPSA) is 55.6 Å². The first kappa shape index (κ1) is 11.7. The molecular formula is C12H15FN2O2. The van der Waals surface area contributed by atoms with Gasteiger partial charge in [-0.15, -0.1) is 0 Å². The third-order valence-electron chi connectivity index (χ3n) is 3.00. The Morgan fingerprint density at radius 3 is 2.71 bits per heavy atom. The zero-order valence-corrected chi connectivity index (χ0v) is 9.87. The highest BCUT2D eigenvalue weighted by Crippen LogP contribution is 2.33. The Labute approximate surface area is 99.2 Å². The zero-order valence-electron chi connectivity index (χ0n) is 9.87. The van der Waals surface area contributed by atoms with Gasteiger partial charge in [0.05, 0.1) is 18.4 Å². The predicted octanol–water partition coefficient (Wildman–Crippen LogP) is 1.79. The lowest BCUT2D eigenvalue weighted by atomic mass is 10.1. The van der Waals surface area contributed by atoms with Crippen molar-refractivity contribution in [2.75, 3.05) is 24.8 Å². The van der Waals surface area contributed by atoms with Crippen LogP contribution in [-0.4, -0.2) is 26.2 Å². The summed E-state index contributed by atoms with van der Waals surface area (Å²) in [6, 6.07) is 2.98. The van der Waals surface area contributed by atoms with Crippen molar-refractivity contribution in [1.29, 1.82) is 0 Å². The van der Waals surface area contributed by atoms with E-state index in [-0.39, 0.29) is 11.3 Å². The van der Waals surface area contributed by atoms with Crippen molar-refractivity contribution >= 4 is 17.3 Å². The lowest BCUT2D eigenvalue weighted by Crippen LogP contribution is -2.21. The summed E-state index contributed by atoms with van der Waals surface area (Å²) in [5, 5.41) is 0. The molecule has 0 saturated heterocycles. The third-order valence-corrected chi connectivity index (χ3v) is 3.00. The van der Waals surface area contributed by atoms with Gasteiger partial charge in [-0.05, 0) is 25.0 Å². The van der Waals surface area contributed by atoms with E-state index in [2.05, 4.69) is 4.74 Å². The van der Waals surface area contributed by atoms with E-state index >= 15 is 0 Å². The molecule has 1 aliphatic rings. The van der Waals surface area contributed by atoms with Gasteiger partial charge in [0, 0.05) is 18.8 Å². The van der Waals surface area contributed by atoms with E-state index in [1.54, 1.807) is 0 Å². The van der Waals surface area contributed by atoms with Gasteiger partial charge in [-0.2, -0.15) is 0 Å². The molecule has 4 nitrogen and oxygen atoms in total. The molecule has 1 aromatic carbocycles. The average Bonchev–Trinajstić information content (AvgIpc) is 3.11. The van der Waals surface area contributed by atoms with E-state index in [1.807, 2.05) is 11.9 Å². The average molecular weight is 238 g/mol. The van der Waals surface area contributed by atoms with Gasteiger partial charge in [-0.3, -0.25) is 0 Å². The number of carbonyl (C=O) groups excluding carboxylic acids is 1. The zero-order chi connectivity index (χ0) is 12.6. The first-order valence-electron chi connectivity index (χ1n) is 5.44. The van der Waals surface area contributed by atoms with E-state index in [1.165, 1.54) is 19.2 Å². The fourth-order valence-corrected chi connectivity index (χ4v) is 1.79. The monoisotopic (exact) mass is 238 g/mol. The molecule has 0 amide bonds. The number of methoxy groups -OCH3 is 1. The van der Waals surface area contributed by atoms with E-state index in [9.17, 15) is 9.18 Å². The van der Waals surface area contributed by atoms with Crippen molar-refractivity contribution in [2.24, 2.45) is 0 Å². The summed E-state index contributed by atoms with van der Waals surface area (Å²) in [7, 11) is 3.09. The van der Waals surface area contributed by atoms with E-state index in [4.69, 9.17) is 5.73 Å². The fourth-order valence-electron chi connectivity index (χ4n) is 1.79. The van der Waals surface area contributed by atoms with Crippen LogP contribution in [0.1, 0.15) is 23.2 Å². The molecule has 92 valence electrons. The number of nitrogens with zero attached hydrogens (tertiary/aromatic N) is 1. The number of carbonyl (C=O) groups is 1. The number of benzene rings is 1. The molecule has 0 aliphatic heterocycles. The van der Waals surface area contributed by atoms with Crippen molar-refractivity contribution in [3.05, 3.63) is 23.5 Å². The molecule has 2 N–H and O–H groups in total. The van der Waals surface area contributed by atoms with Gasteiger partial charge < -0.3 is 15.4 Å². The van der Waals surface area contributed by atoms with Gasteiger partial charge in [0.2, 0.25) is 0 Å². The highest BCUT2D eigenvalue weighted by atomic mass is 19.1. The van der Waals surface area contributed by atoms with Crippen molar-refractivity contribution < 1.29 is 13.9 Å². The Morgan fingerprint density at radius 2 is 2.18 bits per heavy atom. The molecule has 17 heavy (non-hydrogen) atoms. The number of anilines is 2. The van der Waals surface area contributed by atoms with E-state index in [0.29, 0.717) is 11.7 Å². The standard InChI is InChI=1S/C12H15FN2O2/c1-15(7-3-4-7)11-5-8(12(16)17-2)10(14)6-9(11)13/h5-7H,3-4,14H2,1-2H3. The highest BCUT2D eigenvalue weighted by Gasteiger charge is 2.29. The quantitative estimate of drug-likeness (QED) is 0.644. The maximum absolute atomic E-state index is 13.8. The molecule has 5 heteroatoms. The molecule has 2 rings (SSSR count). The molecule has 1 aliphatic carbocycles. The summed E-state index contributed by atoms with van der Waals surface area (Å²) < 4.78 is 18.4. The Bertz CT molecular complexity index is 458. The summed E-state index contributed by atoms with van der Waals surface area (Å²) in [6.45, 7) is 0. The molecule has 1 aromatic rings. The second-order valence-corrected chi connectivity index (χ2v) is 4.22. The van der Waals surface area contributed by atoms with Crippen LogP contribution < -0.4 is 10.6 Å². The number of hydrogen-bond donors (Lipinski definition) is 1. The van der Waals surface area contributed by atoms with Gasteiger partial charge in [-0.25, -0.2) is 9.18 Å². The summed E-state index contributed by atoms with van der Waals surface area (Å²) in [5.41, 5.74) is 6.29. The largest absolute Gasteiger partial charge is 0.465 e. The van der Waals surface area contributed by atoms with Crippen molar-refractivity contribution in [1.82, 2.24) is 0 Å². The SMILES string of the molecule is COC(=O)c1cc(N(C)C2CC2)c(F)cc1N. The summed E-state index contributed by atoms with van der Waals surface area (Å²) in [6.07, 6.45) is 2.10. The van der Waals surface area contributed by atoms with Crippen LogP contribution in [0.4, 0.5) is 15.8 Å². The van der Waals surface area contributed by atoms with Crippen molar-refractivity contribution in [3.8, 4) is 0 Å². The molecule has 0 bridgehead atoms. The highest BCUT2D eigenvalue weighted by molar-refractivity contribution is 5.96. The number of esters is 1. The van der Waals surface area contributed by atoms with Crippen LogP contribution in [0.5, 0.6) is 0 Å². The van der Waals surface area contributed by atoms with Crippen LogP contribution in [0.25, 0.3) is 0 Å². The van der Waals surface area contributed by atoms with Gasteiger partial charge in [0.1, 0.15) is 5.82 Å². The Balaban J connectivity index is 2.41. The number of nitrogens with two attached hydrogens (primary N) is 1. The lowest BCUT2D eigenvalue weighted by Gasteiger charge is -2.20. The molecule has 0 radical (unpaired) electrons. The van der Waals surface area contributed by atoms with Crippen LogP contribution in [0.15, 0.2) is 12.1 Å². The van der Waals surface area contributed by atoms with Gasteiger partial charge in [-0.1, -0.05) is 0 Å². The van der Waals surface area contributed by atoms with Gasteiger partial charge in [0.25, 0.3) is 0 Å². The second kappa shape index (κ2) is 4.24. The first-order chi connectivity index (χ1) is 8.04. The van der Waals surface area contributed by atoms with Crippen LogP contribution in [0, 0.1) is 5.82 Å². The van der Waals surface area contributed by atoms with Gasteiger partial charge >= 0.3 is 5.97 Å². The van der Waals surface area contributed by atoms with E-state index < -0.39 is 11.8 Å². The number of ether oxygens (including phenoxy) is 1. The Kier molecular flexibility index (Phi) is 2.92. The molecule has 0 unspecified atom stereocenters. The predicted molar refractivity (Wildman–Crippen MR) is 63.6 cm³/mol. The molecular weight excluding hydrogens is 223 g/mol. The summed E-state index contributed by atoms with van der Waals surface area (Å²) >= 11 is 0. The number of hydrogen-bond acceptors (Lipinski definition) is 4. The first-order valence-corrected chi connectivity index (χ1v) is 5.44. The summed E-state index contributed by atoms with van der Waals surface area (Å²) in [5.74, 6) is -0.961. The van der Waals surface area contributed by atoms with Crippen molar-refractivity contribution in [3.63, 3.8) is 0 Å². The molecule has 0 spiro atoms. The minimum absolute atomic E-state index is 0.0993. The molecule has 0 heterocycles. The van der Waals surface area contributed by atoms with Crippen LogP contribution in [0.2, 0.25) is 0 Å². The van der Waals surface area contributed by atoms with Crippen LogP contribution >= 0.6 is 0 Å². The van der Waals surface area contributed by atoms with Gasteiger partial charge in [0.15, 0.2) is 0 Å². The Hall–Kier alpha value is -1.78. The minimum atomic E-state index is -0.548. The van der Waals surface area contributed by atoms with E-state index in [0.717, 1.165) is 12.8 Å². The lowest BCUT2D eigenvalue weighted by molar-refractivity contribution is 0.0602. The molecule has 0 aromatic heterocycles. The number of halogens is 1. The fraction of sp³-hybridized carbons (Fsp3) is 0.417.